The molecule has 1 aliphatic rings. The zero-order valence-electron chi connectivity index (χ0n) is 16.5. The summed E-state index contributed by atoms with van der Waals surface area (Å²) in [5.74, 6) is 2.84. The van der Waals surface area contributed by atoms with Gasteiger partial charge in [-0.2, -0.15) is 11.8 Å². The van der Waals surface area contributed by atoms with E-state index in [2.05, 4.69) is 54.5 Å². The second kappa shape index (κ2) is 12.8. The molecule has 0 aromatic rings. The molecule has 24 heavy (non-hydrogen) atoms. The van der Waals surface area contributed by atoms with Crippen LogP contribution in [0.15, 0.2) is 4.99 Å². The standard InChI is InChI=1S/C18H39N5S/c1-6-19-18(20-9-7-8-14-24-5)21-15-17(16(2)3)23-12-10-22(4)11-13-23/h16-17H,6-15H2,1-5H3,(H2,19,20,21). The summed E-state index contributed by atoms with van der Waals surface area (Å²) in [6.07, 6.45) is 4.64. The lowest BCUT2D eigenvalue weighted by Gasteiger charge is -2.39. The predicted molar refractivity (Wildman–Crippen MR) is 109 cm³/mol. The normalized spacial score (nSPS) is 18.8. The number of thioether (sulfide) groups is 1. The van der Waals surface area contributed by atoms with Crippen LogP contribution in [0.4, 0.5) is 0 Å². The molecule has 0 aromatic carbocycles. The summed E-state index contributed by atoms with van der Waals surface area (Å²) < 4.78 is 0. The van der Waals surface area contributed by atoms with Gasteiger partial charge >= 0.3 is 0 Å². The van der Waals surface area contributed by atoms with Gasteiger partial charge in [0.2, 0.25) is 0 Å². The molecule has 0 bridgehead atoms. The molecule has 0 saturated carbocycles. The first-order valence-electron chi connectivity index (χ1n) is 9.52. The lowest BCUT2D eigenvalue weighted by atomic mass is 10.0. The van der Waals surface area contributed by atoms with E-state index in [-0.39, 0.29) is 0 Å². The Labute approximate surface area is 154 Å². The molecule has 0 aromatic heterocycles. The zero-order valence-corrected chi connectivity index (χ0v) is 17.3. The van der Waals surface area contributed by atoms with Gasteiger partial charge in [-0.05, 0) is 44.7 Å². The highest BCUT2D eigenvalue weighted by atomic mass is 32.2. The summed E-state index contributed by atoms with van der Waals surface area (Å²) in [5, 5.41) is 6.87. The van der Waals surface area contributed by atoms with E-state index in [0.717, 1.165) is 38.7 Å². The van der Waals surface area contributed by atoms with Gasteiger partial charge in [0.25, 0.3) is 0 Å². The van der Waals surface area contributed by atoms with Gasteiger partial charge in [0.15, 0.2) is 5.96 Å². The van der Waals surface area contributed by atoms with Crippen LogP contribution < -0.4 is 10.6 Å². The average molecular weight is 358 g/mol. The molecule has 0 aliphatic carbocycles. The molecule has 5 nitrogen and oxygen atoms in total. The second-order valence-corrected chi connectivity index (χ2v) is 7.98. The summed E-state index contributed by atoms with van der Waals surface area (Å²) in [4.78, 5) is 9.92. The molecule has 1 heterocycles. The average Bonchev–Trinajstić information content (AvgIpc) is 2.56. The van der Waals surface area contributed by atoms with Crippen LogP contribution in [0.2, 0.25) is 0 Å². The van der Waals surface area contributed by atoms with Crippen LogP contribution in [-0.4, -0.2) is 86.7 Å². The fourth-order valence-electron chi connectivity index (χ4n) is 3.01. The molecule has 142 valence electrons. The smallest absolute Gasteiger partial charge is 0.191 e. The van der Waals surface area contributed by atoms with E-state index in [0.29, 0.717) is 12.0 Å². The minimum absolute atomic E-state index is 0.533. The minimum atomic E-state index is 0.533. The number of nitrogens with one attached hydrogen (secondary N) is 2. The van der Waals surface area contributed by atoms with Crippen molar-refractivity contribution in [3.63, 3.8) is 0 Å². The number of aliphatic imine (C=N–C) groups is 1. The number of likely N-dealkylation sites (N-methyl/N-ethyl adjacent to an activating group) is 1. The molecule has 6 heteroatoms. The van der Waals surface area contributed by atoms with Crippen molar-refractivity contribution in [3.8, 4) is 0 Å². The van der Waals surface area contributed by atoms with E-state index in [1.807, 2.05) is 11.8 Å². The van der Waals surface area contributed by atoms with E-state index in [1.54, 1.807) is 0 Å². The SMILES string of the molecule is CCNC(=NCC(C(C)C)N1CCN(C)CC1)NCCCCSC. The Bertz CT molecular complexity index is 340. The van der Waals surface area contributed by atoms with E-state index < -0.39 is 0 Å². The van der Waals surface area contributed by atoms with Crippen LogP contribution in [0.3, 0.4) is 0 Å². The first kappa shape index (κ1) is 21.6. The lowest BCUT2D eigenvalue weighted by Crippen LogP contribution is -2.52. The molecule has 1 saturated heterocycles. The van der Waals surface area contributed by atoms with Crippen LogP contribution in [0.25, 0.3) is 0 Å². The first-order chi connectivity index (χ1) is 11.6. The highest BCUT2D eigenvalue weighted by Crippen LogP contribution is 2.14. The van der Waals surface area contributed by atoms with Crippen molar-refractivity contribution in [1.82, 2.24) is 20.4 Å². The summed E-state index contributed by atoms with van der Waals surface area (Å²) in [7, 11) is 2.21. The Morgan fingerprint density at radius 3 is 2.42 bits per heavy atom. The van der Waals surface area contributed by atoms with Crippen LogP contribution >= 0.6 is 11.8 Å². The fraction of sp³-hybridized carbons (Fsp3) is 0.944. The van der Waals surface area contributed by atoms with E-state index >= 15 is 0 Å². The Balaban J connectivity index is 2.50. The Kier molecular flexibility index (Phi) is 11.5. The maximum absolute atomic E-state index is 4.88. The van der Waals surface area contributed by atoms with Crippen LogP contribution in [0, 0.1) is 5.92 Å². The summed E-state index contributed by atoms with van der Waals surface area (Å²) >= 11 is 1.92. The molecule has 1 unspecified atom stereocenters. The summed E-state index contributed by atoms with van der Waals surface area (Å²) in [6, 6.07) is 0.533. The van der Waals surface area contributed by atoms with Crippen molar-refractivity contribution in [1.29, 1.82) is 0 Å². The molecule has 1 fully saturated rings. The number of unbranched alkanes of at least 4 members (excludes halogenated alkanes) is 1. The molecule has 0 radical (unpaired) electrons. The van der Waals surface area contributed by atoms with Gasteiger partial charge in [0.1, 0.15) is 0 Å². The van der Waals surface area contributed by atoms with Crippen molar-refractivity contribution >= 4 is 17.7 Å². The van der Waals surface area contributed by atoms with Crippen LogP contribution in [0.1, 0.15) is 33.6 Å². The third kappa shape index (κ3) is 8.58. The number of piperazine rings is 1. The number of guanidine groups is 1. The molecular formula is C18H39N5S. The largest absolute Gasteiger partial charge is 0.357 e. The Hall–Kier alpha value is -0.460. The molecule has 2 N–H and O–H groups in total. The Morgan fingerprint density at radius 1 is 1.12 bits per heavy atom. The minimum Gasteiger partial charge on any atom is -0.357 e. The molecule has 0 spiro atoms. The van der Waals surface area contributed by atoms with Gasteiger partial charge in [-0.25, -0.2) is 0 Å². The second-order valence-electron chi connectivity index (χ2n) is 7.00. The summed E-state index contributed by atoms with van der Waals surface area (Å²) in [6.45, 7) is 14.2. The highest BCUT2D eigenvalue weighted by molar-refractivity contribution is 7.98. The van der Waals surface area contributed by atoms with Gasteiger partial charge in [0, 0.05) is 45.3 Å². The topological polar surface area (TPSA) is 42.9 Å². The maximum Gasteiger partial charge on any atom is 0.191 e. The van der Waals surface area contributed by atoms with Gasteiger partial charge in [-0.15, -0.1) is 0 Å². The molecule has 1 rings (SSSR count). The third-order valence-corrected chi connectivity index (χ3v) is 5.32. The van der Waals surface area contributed by atoms with Crippen LogP contribution in [0.5, 0.6) is 0 Å². The first-order valence-corrected chi connectivity index (χ1v) is 10.9. The van der Waals surface area contributed by atoms with Gasteiger partial charge in [-0.3, -0.25) is 9.89 Å². The van der Waals surface area contributed by atoms with Gasteiger partial charge < -0.3 is 15.5 Å². The lowest BCUT2D eigenvalue weighted by molar-refractivity contribution is 0.0925. The van der Waals surface area contributed by atoms with Crippen molar-refractivity contribution < 1.29 is 0 Å². The number of hydrogen-bond acceptors (Lipinski definition) is 4. The summed E-state index contributed by atoms with van der Waals surface area (Å²) in [5.41, 5.74) is 0. The monoisotopic (exact) mass is 357 g/mol. The van der Waals surface area contributed by atoms with E-state index in [4.69, 9.17) is 4.99 Å². The van der Waals surface area contributed by atoms with Crippen LogP contribution in [-0.2, 0) is 0 Å². The van der Waals surface area contributed by atoms with E-state index in [1.165, 1.54) is 31.7 Å². The van der Waals surface area contributed by atoms with Gasteiger partial charge in [0.05, 0.1) is 6.54 Å². The highest BCUT2D eigenvalue weighted by Gasteiger charge is 2.24. The van der Waals surface area contributed by atoms with Gasteiger partial charge in [-0.1, -0.05) is 13.8 Å². The molecular weight excluding hydrogens is 318 g/mol. The quantitative estimate of drug-likeness (QED) is 0.355. The predicted octanol–water partition coefficient (Wildman–Crippen LogP) is 1.96. The van der Waals surface area contributed by atoms with E-state index in [9.17, 15) is 0 Å². The fourth-order valence-corrected chi connectivity index (χ4v) is 3.50. The molecule has 1 aliphatic heterocycles. The molecule has 0 amide bonds. The van der Waals surface area contributed by atoms with Crippen molar-refractivity contribution in [2.45, 2.75) is 39.7 Å². The zero-order chi connectivity index (χ0) is 17.8. The van der Waals surface area contributed by atoms with Crippen molar-refractivity contribution in [2.75, 3.05) is 64.9 Å². The number of hydrogen-bond donors (Lipinski definition) is 2. The third-order valence-electron chi connectivity index (χ3n) is 4.62. The molecule has 1 atom stereocenters. The van der Waals surface area contributed by atoms with Crippen molar-refractivity contribution in [2.24, 2.45) is 10.9 Å². The van der Waals surface area contributed by atoms with Crippen molar-refractivity contribution in [3.05, 3.63) is 0 Å². The number of nitrogens with zero attached hydrogens (tertiary/aromatic N) is 3. The number of rotatable bonds is 10. The maximum atomic E-state index is 4.88. The Morgan fingerprint density at radius 2 is 1.83 bits per heavy atom.